The van der Waals surface area contributed by atoms with E-state index in [1.165, 1.54) is 24.6 Å². The van der Waals surface area contributed by atoms with Crippen molar-refractivity contribution in [2.75, 3.05) is 5.75 Å². The molecule has 1 aliphatic rings. The van der Waals surface area contributed by atoms with Crippen LogP contribution in [0.3, 0.4) is 0 Å². The summed E-state index contributed by atoms with van der Waals surface area (Å²) in [6, 6.07) is 12.3. The third-order valence-corrected chi connectivity index (χ3v) is 6.57. The number of pyridine rings is 1. The lowest BCUT2D eigenvalue weighted by molar-refractivity contribution is -0.119. The van der Waals surface area contributed by atoms with E-state index >= 15 is 0 Å². The van der Waals surface area contributed by atoms with E-state index in [-0.39, 0.29) is 5.91 Å². The Balaban J connectivity index is 1.54. The number of thioether (sulfide) groups is 1. The molecule has 0 aliphatic heterocycles. The molecule has 6 nitrogen and oxygen atoms in total. The lowest BCUT2D eigenvalue weighted by Gasteiger charge is -2.26. The van der Waals surface area contributed by atoms with E-state index in [9.17, 15) is 4.79 Å². The topological polar surface area (TPSA) is 72.7 Å². The molecule has 1 aliphatic carbocycles. The normalized spacial score (nSPS) is 18.9. The van der Waals surface area contributed by atoms with Gasteiger partial charge in [-0.05, 0) is 62.3 Å². The van der Waals surface area contributed by atoms with Crippen LogP contribution in [0.4, 0.5) is 0 Å². The molecule has 1 amide bonds. The van der Waals surface area contributed by atoms with Gasteiger partial charge in [0.2, 0.25) is 5.91 Å². The summed E-state index contributed by atoms with van der Waals surface area (Å²) in [6.45, 7) is 4.35. The fraction of sp³-hybridized carbons (Fsp3) is 0.391. The number of carbonyl (C=O) groups excluding carboxylic acids is 1. The molecule has 30 heavy (non-hydrogen) atoms. The van der Waals surface area contributed by atoms with Gasteiger partial charge in [-0.3, -0.25) is 14.3 Å². The van der Waals surface area contributed by atoms with Gasteiger partial charge in [0.15, 0.2) is 11.0 Å². The summed E-state index contributed by atoms with van der Waals surface area (Å²) in [7, 11) is 0. The van der Waals surface area contributed by atoms with Gasteiger partial charge in [-0.1, -0.05) is 36.9 Å². The smallest absolute Gasteiger partial charge is 0.230 e. The summed E-state index contributed by atoms with van der Waals surface area (Å²) >= 11 is 1.43. The molecule has 0 saturated heterocycles. The maximum Gasteiger partial charge on any atom is 0.230 e. The summed E-state index contributed by atoms with van der Waals surface area (Å²) in [5.41, 5.74) is 3.07. The van der Waals surface area contributed by atoms with Crippen LogP contribution in [0.2, 0.25) is 0 Å². The first kappa shape index (κ1) is 20.6. The number of nitrogens with zero attached hydrogens (tertiary/aromatic N) is 4. The van der Waals surface area contributed by atoms with Crippen molar-refractivity contribution >= 4 is 17.7 Å². The number of benzene rings is 1. The fourth-order valence-corrected chi connectivity index (χ4v) is 4.64. The van der Waals surface area contributed by atoms with Crippen molar-refractivity contribution in [3.8, 4) is 17.1 Å². The van der Waals surface area contributed by atoms with E-state index in [2.05, 4.69) is 46.5 Å². The molecular weight excluding hydrogens is 394 g/mol. The minimum absolute atomic E-state index is 0.0596. The Morgan fingerprint density at radius 2 is 1.83 bits per heavy atom. The summed E-state index contributed by atoms with van der Waals surface area (Å²) in [5.74, 6) is 1.90. The largest absolute Gasteiger partial charge is 0.353 e. The van der Waals surface area contributed by atoms with Crippen molar-refractivity contribution in [2.24, 2.45) is 5.92 Å². The molecule has 7 heteroatoms. The van der Waals surface area contributed by atoms with Gasteiger partial charge >= 0.3 is 0 Å². The van der Waals surface area contributed by atoms with E-state index in [1.54, 1.807) is 12.4 Å². The number of nitrogens with one attached hydrogen (secondary N) is 1. The molecule has 0 unspecified atom stereocenters. The highest BCUT2D eigenvalue weighted by Gasteiger charge is 2.21. The first-order valence-electron chi connectivity index (χ1n) is 10.5. The van der Waals surface area contributed by atoms with Gasteiger partial charge in [0.1, 0.15) is 0 Å². The lowest BCUT2D eigenvalue weighted by Crippen LogP contribution is -2.38. The lowest BCUT2D eigenvalue weighted by atomic mass is 9.87. The van der Waals surface area contributed by atoms with E-state index < -0.39 is 0 Å². The highest BCUT2D eigenvalue weighted by Crippen LogP contribution is 2.29. The average molecular weight is 422 g/mol. The maximum absolute atomic E-state index is 12.6. The number of hydrogen-bond acceptors (Lipinski definition) is 5. The third kappa shape index (κ3) is 4.73. The van der Waals surface area contributed by atoms with Gasteiger partial charge in [-0.15, -0.1) is 10.2 Å². The highest BCUT2D eigenvalue weighted by atomic mass is 32.2. The second-order valence-electron chi connectivity index (χ2n) is 7.98. The molecule has 156 valence electrons. The number of hydrogen-bond donors (Lipinski definition) is 1. The molecule has 1 N–H and O–H groups in total. The van der Waals surface area contributed by atoms with Gasteiger partial charge in [-0.25, -0.2) is 0 Å². The number of aromatic nitrogens is 4. The van der Waals surface area contributed by atoms with Crippen LogP contribution in [-0.4, -0.2) is 37.5 Å². The van der Waals surface area contributed by atoms with Gasteiger partial charge in [0.05, 0.1) is 11.4 Å². The first-order chi connectivity index (χ1) is 14.6. The second kappa shape index (κ2) is 9.43. The van der Waals surface area contributed by atoms with E-state index in [0.29, 0.717) is 17.0 Å². The molecule has 3 aromatic rings. The first-order valence-corrected chi connectivity index (χ1v) is 11.4. The Hall–Kier alpha value is -2.67. The summed E-state index contributed by atoms with van der Waals surface area (Å²) in [6.07, 6.45) is 8.02. The zero-order valence-electron chi connectivity index (χ0n) is 17.4. The summed E-state index contributed by atoms with van der Waals surface area (Å²) < 4.78 is 2.03. The molecular formula is C23H27N5OS. The van der Waals surface area contributed by atoms with Crippen LogP contribution in [0, 0.1) is 12.8 Å². The van der Waals surface area contributed by atoms with E-state index in [4.69, 9.17) is 0 Å². The minimum Gasteiger partial charge on any atom is -0.353 e. The molecule has 0 radical (unpaired) electrons. The van der Waals surface area contributed by atoms with Crippen LogP contribution in [-0.2, 0) is 4.79 Å². The third-order valence-electron chi connectivity index (χ3n) is 5.64. The Kier molecular flexibility index (Phi) is 6.47. The van der Waals surface area contributed by atoms with E-state index in [1.807, 2.05) is 28.8 Å². The predicted octanol–water partition coefficient (Wildman–Crippen LogP) is 4.42. The maximum atomic E-state index is 12.6. The molecule has 4 rings (SSSR count). The minimum atomic E-state index is 0.0596. The zero-order chi connectivity index (χ0) is 20.9. The zero-order valence-corrected chi connectivity index (χ0v) is 18.2. The van der Waals surface area contributed by atoms with Crippen molar-refractivity contribution in [3.05, 3.63) is 54.4 Å². The van der Waals surface area contributed by atoms with Crippen LogP contribution >= 0.6 is 11.8 Å². The van der Waals surface area contributed by atoms with Crippen LogP contribution < -0.4 is 5.32 Å². The Bertz CT molecular complexity index is 996. The van der Waals surface area contributed by atoms with E-state index in [0.717, 1.165) is 41.4 Å². The van der Waals surface area contributed by atoms with Gasteiger partial charge < -0.3 is 5.32 Å². The standard InChI is InChI=1S/C23H27N5OS/c1-16-7-9-19(10-8-16)25-21(29)15-30-23-27-26-22(18-11-13-24-14-12-18)28(23)20-6-4-3-5-17(20)2/h3-6,11-14,16,19H,7-10,15H2,1-2H3,(H,25,29). The Morgan fingerprint density at radius 3 is 2.57 bits per heavy atom. The molecule has 2 heterocycles. The van der Waals surface area contributed by atoms with Crippen LogP contribution in [0.25, 0.3) is 17.1 Å². The van der Waals surface area contributed by atoms with Gasteiger partial charge in [0.25, 0.3) is 0 Å². The Morgan fingerprint density at radius 1 is 1.10 bits per heavy atom. The van der Waals surface area contributed by atoms with Crippen molar-refractivity contribution < 1.29 is 4.79 Å². The molecule has 0 spiro atoms. The highest BCUT2D eigenvalue weighted by molar-refractivity contribution is 7.99. The number of rotatable bonds is 6. The average Bonchev–Trinajstić information content (AvgIpc) is 3.18. The van der Waals surface area contributed by atoms with Crippen molar-refractivity contribution in [3.63, 3.8) is 0 Å². The fourth-order valence-electron chi connectivity index (χ4n) is 3.89. The number of carbonyl (C=O) groups is 1. The molecule has 1 saturated carbocycles. The predicted molar refractivity (Wildman–Crippen MR) is 120 cm³/mol. The monoisotopic (exact) mass is 421 g/mol. The SMILES string of the molecule is Cc1ccccc1-n1c(SCC(=O)NC2CCC(C)CC2)nnc1-c1ccncc1. The van der Waals surface area contributed by atoms with Crippen LogP contribution in [0.5, 0.6) is 0 Å². The number of para-hydroxylation sites is 1. The number of amides is 1. The quantitative estimate of drug-likeness (QED) is 0.596. The van der Waals surface area contributed by atoms with Crippen molar-refractivity contribution in [1.82, 2.24) is 25.1 Å². The van der Waals surface area contributed by atoms with Crippen LogP contribution in [0.1, 0.15) is 38.2 Å². The summed E-state index contributed by atoms with van der Waals surface area (Å²) in [5, 5.41) is 12.8. The Labute approximate surface area is 181 Å². The molecule has 0 bridgehead atoms. The van der Waals surface area contributed by atoms with Crippen molar-refractivity contribution in [1.29, 1.82) is 0 Å². The van der Waals surface area contributed by atoms with Crippen LogP contribution in [0.15, 0.2) is 53.9 Å². The number of aryl methyl sites for hydroxylation is 1. The van der Waals surface area contributed by atoms with Gasteiger partial charge in [0, 0.05) is 24.0 Å². The molecule has 1 fully saturated rings. The molecule has 1 aromatic carbocycles. The second-order valence-corrected chi connectivity index (χ2v) is 8.92. The summed E-state index contributed by atoms with van der Waals surface area (Å²) in [4.78, 5) is 16.7. The van der Waals surface area contributed by atoms with Crippen molar-refractivity contribution in [2.45, 2.75) is 50.7 Å². The molecule has 2 aromatic heterocycles. The van der Waals surface area contributed by atoms with Gasteiger partial charge in [-0.2, -0.15) is 0 Å². The molecule has 0 atom stereocenters.